The van der Waals surface area contributed by atoms with Crippen LogP contribution in [0.3, 0.4) is 0 Å². The molecule has 0 amide bonds. The van der Waals surface area contributed by atoms with E-state index in [2.05, 4.69) is 10.2 Å². The minimum Gasteiger partial charge on any atom is -0.484 e. The molecule has 0 radical (unpaired) electrons. The van der Waals surface area contributed by atoms with Gasteiger partial charge in [0.2, 0.25) is 5.89 Å². The summed E-state index contributed by atoms with van der Waals surface area (Å²) in [7, 11) is 0. The molecule has 0 spiro atoms. The summed E-state index contributed by atoms with van der Waals surface area (Å²) in [5, 5.41) is 18.2. The van der Waals surface area contributed by atoms with Crippen LogP contribution < -0.4 is 4.74 Å². The van der Waals surface area contributed by atoms with Crippen LogP contribution in [0, 0.1) is 0 Å². The molecule has 1 heterocycles. The summed E-state index contributed by atoms with van der Waals surface area (Å²) in [6, 6.07) is 15.4. The number of hydrogen-bond donors (Lipinski definition) is 1. The Morgan fingerprint density at radius 3 is 2.83 bits per heavy atom. The Balaban J connectivity index is 1.50. The third kappa shape index (κ3) is 2.90. The summed E-state index contributed by atoms with van der Waals surface area (Å²) in [4.78, 5) is 0. The normalized spacial score (nSPS) is 16.6. The van der Waals surface area contributed by atoms with Crippen LogP contribution in [0.4, 0.5) is 0 Å². The predicted molar refractivity (Wildman–Crippen MR) is 88.4 cm³/mol. The Hall–Kier alpha value is -2.66. The molecule has 0 saturated carbocycles. The number of aliphatic hydroxyl groups excluding tert-OH is 1. The summed E-state index contributed by atoms with van der Waals surface area (Å²) in [5.41, 5.74) is 2.93. The van der Waals surface area contributed by atoms with Gasteiger partial charge in [-0.2, -0.15) is 0 Å². The molecule has 1 aromatic heterocycles. The Morgan fingerprint density at radius 1 is 1.08 bits per heavy atom. The molecule has 5 nitrogen and oxygen atoms in total. The zero-order chi connectivity index (χ0) is 16.4. The van der Waals surface area contributed by atoms with Crippen molar-refractivity contribution in [2.24, 2.45) is 0 Å². The highest BCUT2D eigenvalue weighted by Crippen LogP contribution is 2.35. The van der Waals surface area contributed by atoms with Gasteiger partial charge in [0.1, 0.15) is 5.75 Å². The number of ether oxygens (including phenoxy) is 1. The van der Waals surface area contributed by atoms with E-state index in [-0.39, 0.29) is 6.61 Å². The lowest BCUT2D eigenvalue weighted by Crippen LogP contribution is -2.11. The molecule has 4 rings (SSSR count). The predicted octanol–water partition coefficient (Wildman–Crippen LogP) is 3.69. The quantitative estimate of drug-likeness (QED) is 0.793. The van der Waals surface area contributed by atoms with Gasteiger partial charge >= 0.3 is 0 Å². The highest BCUT2D eigenvalue weighted by molar-refractivity contribution is 5.51. The number of hydrogen-bond acceptors (Lipinski definition) is 5. The molecule has 0 aliphatic heterocycles. The number of rotatable bonds is 4. The molecular formula is C19H18N2O3. The summed E-state index contributed by atoms with van der Waals surface area (Å²) in [5.74, 6) is 1.70. The van der Waals surface area contributed by atoms with Crippen LogP contribution in [0.2, 0.25) is 0 Å². The molecule has 122 valence electrons. The molecule has 1 aliphatic carbocycles. The first-order chi connectivity index (χ1) is 11.8. The van der Waals surface area contributed by atoms with Crippen LogP contribution in [0.15, 0.2) is 52.9 Å². The zero-order valence-electron chi connectivity index (χ0n) is 13.2. The second kappa shape index (κ2) is 6.45. The van der Waals surface area contributed by atoms with E-state index in [0.717, 1.165) is 41.7 Å². The second-order valence-corrected chi connectivity index (χ2v) is 5.89. The molecule has 0 fully saturated rings. The van der Waals surface area contributed by atoms with Crippen molar-refractivity contribution >= 4 is 0 Å². The summed E-state index contributed by atoms with van der Waals surface area (Å²) in [6.45, 7) is 0.215. The third-order valence-electron chi connectivity index (χ3n) is 4.27. The van der Waals surface area contributed by atoms with Crippen molar-refractivity contribution in [1.29, 1.82) is 0 Å². The first-order valence-corrected chi connectivity index (χ1v) is 8.12. The van der Waals surface area contributed by atoms with E-state index in [4.69, 9.17) is 9.15 Å². The van der Waals surface area contributed by atoms with Gasteiger partial charge in [-0.1, -0.05) is 30.3 Å². The fraction of sp³-hybridized carbons (Fsp3) is 0.263. The molecule has 0 bridgehead atoms. The van der Waals surface area contributed by atoms with Crippen molar-refractivity contribution in [3.63, 3.8) is 0 Å². The maximum atomic E-state index is 10.1. The maximum Gasteiger partial charge on any atom is 0.254 e. The lowest BCUT2D eigenvalue weighted by atomic mass is 9.89. The number of aliphatic hydroxyl groups is 1. The minimum absolute atomic E-state index is 0.215. The number of nitrogens with zero attached hydrogens (tertiary/aromatic N) is 2. The fourth-order valence-electron chi connectivity index (χ4n) is 3.07. The van der Waals surface area contributed by atoms with Crippen LogP contribution >= 0.6 is 0 Å². The van der Waals surface area contributed by atoms with Crippen molar-refractivity contribution in [2.75, 3.05) is 0 Å². The largest absolute Gasteiger partial charge is 0.484 e. The molecule has 0 unspecified atom stereocenters. The standard InChI is InChI=1S/C19H18N2O3/c22-16-10-4-9-15-14(16)8-5-11-17(15)23-12-18-20-21-19(24-18)13-6-2-1-3-7-13/h1-3,5-8,11,16,22H,4,9-10,12H2/t16-/m0/s1. The number of aromatic nitrogens is 2. The van der Waals surface area contributed by atoms with Gasteiger partial charge in [0.05, 0.1) is 6.10 Å². The van der Waals surface area contributed by atoms with Gasteiger partial charge in [0, 0.05) is 5.56 Å². The smallest absolute Gasteiger partial charge is 0.254 e. The SMILES string of the molecule is O[C@H]1CCCc2c(OCc3nnc(-c4ccccc4)o3)cccc21. The maximum absolute atomic E-state index is 10.1. The van der Waals surface area contributed by atoms with E-state index in [0.29, 0.717) is 11.8 Å². The first-order valence-electron chi connectivity index (χ1n) is 8.12. The second-order valence-electron chi connectivity index (χ2n) is 5.89. The van der Waals surface area contributed by atoms with Crippen LogP contribution in [0.5, 0.6) is 5.75 Å². The van der Waals surface area contributed by atoms with Gasteiger partial charge in [-0.25, -0.2) is 0 Å². The molecule has 2 aromatic carbocycles. The molecule has 0 saturated heterocycles. The molecule has 1 N–H and O–H groups in total. The van der Waals surface area contributed by atoms with E-state index in [1.165, 1.54) is 0 Å². The van der Waals surface area contributed by atoms with Gasteiger partial charge in [0.15, 0.2) is 6.61 Å². The molecule has 24 heavy (non-hydrogen) atoms. The summed E-state index contributed by atoms with van der Waals surface area (Å²) < 4.78 is 11.5. The van der Waals surface area contributed by atoms with Crippen LogP contribution in [-0.2, 0) is 13.0 Å². The Bertz CT molecular complexity index is 830. The highest BCUT2D eigenvalue weighted by Gasteiger charge is 2.21. The lowest BCUT2D eigenvalue weighted by molar-refractivity contribution is 0.154. The Kier molecular flexibility index (Phi) is 4.01. The van der Waals surface area contributed by atoms with Crippen LogP contribution in [0.1, 0.15) is 36.0 Å². The van der Waals surface area contributed by atoms with Crippen molar-refractivity contribution in [3.8, 4) is 17.2 Å². The van der Waals surface area contributed by atoms with E-state index in [1.807, 2.05) is 48.5 Å². The third-order valence-corrected chi connectivity index (χ3v) is 4.27. The van der Waals surface area contributed by atoms with E-state index in [9.17, 15) is 5.11 Å². The van der Waals surface area contributed by atoms with Gasteiger partial charge in [-0.05, 0) is 48.6 Å². The topological polar surface area (TPSA) is 68.4 Å². The van der Waals surface area contributed by atoms with Crippen LogP contribution in [0.25, 0.3) is 11.5 Å². The summed E-state index contributed by atoms with van der Waals surface area (Å²) in [6.07, 6.45) is 2.29. The first kappa shape index (κ1) is 14.9. The Morgan fingerprint density at radius 2 is 1.96 bits per heavy atom. The lowest BCUT2D eigenvalue weighted by Gasteiger charge is -2.23. The van der Waals surface area contributed by atoms with Crippen molar-refractivity contribution < 1.29 is 14.3 Å². The minimum atomic E-state index is -0.398. The van der Waals surface area contributed by atoms with E-state index in [1.54, 1.807) is 0 Å². The Labute approximate surface area is 139 Å². The molecule has 3 aromatic rings. The molecule has 1 atom stereocenters. The monoisotopic (exact) mass is 322 g/mol. The van der Waals surface area contributed by atoms with Gasteiger partial charge in [0.25, 0.3) is 5.89 Å². The summed E-state index contributed by atoms with van der Waals surface area (Å²) >= 11 is 0. The zero-order valence-corrected chi connectivity index (χ0v) is 13.2. The average Bonchev–Trinajstić information content (AvgIpc) is 3.10. The van der Waals surface area contributed by atoms with Crippen LogP contribution in [-0.4, -0.2) is 15.3 Å². The van der Waals surface area contributed by atoms with Crippen molar-refractivity contribution in [1.82, 2.24) is 10.2 Å². The highest BCUT2D eigenvalue weighted by atomic mass is 16.5. The van der Waals surface area contributed by atoms with Gasteiger partial charge < -0.3 is 14.3 Å². The van der Waals surface area contributed by atoms with E-state index >= 15 is 0 Å². The van der Waals surface area contributed by atoms with Gasteiger partial charge in [-0.15, -0.1) is 10.2 Å². The molecule has 5 heteroatoms. The number of benzene rings is 2. The number of fused-ring (bicyclic) bond motifs is 1. The molecular weight excluding hydrogens is 304 g/mol. The van der Waals surface area contributed by atoms with Gasteiger partial charge in [-0.3, -0.25) is 0 Å². The van der Waals surface area contributed by atoms with Crippen molar-refractivity contribution in [2.45, 2.75) is 32.0 Å². The van der Waals surface area contributed by atoms with Crippen molar-refractivity contribution in [3.05, 3.63) is 65.5 Å². The molecule has 1 aliphatic rings. The average molecular weight is 322 g/mol. The fourth-order valence-corrected chi connectivity index (χ4v) is 3.07. The van der Waals surface area contributed by atoms with E-state index < -0.39 is 6.10 Å².